The molecule has 2 aromatic rings. The summed E-state index contributed by atoms with van der Waals surface area (Å²) in [6.07, 6.45) is -3.88. The summed E-state index contributed by atoms with van der Waals surface area (Å²) in [4.78, 5) is 6.49. The van der Waals surface area contributed by atoms with Crippen LogP contribution in [0.4, 0.5) is 19.0 Å². The van der Waals surface area contributed by atoms with E-state index in [0.717, 1.165) is 6.20 Å². The average molecular weight is 474 g/mol. The number of alkyl halides is 3. The van der Waals surface area contributed by atoms with Crippen molar-refractivity contribution < 1.29 is 31.1 Å². The first kappa shape index (κ1) is 22.4. The predicted molar refractivity (Wildman–Crippen MR) is 109 cm³/mol. The predicted octanol–water partition coefficient (Wildman–Crippen LogP) is 0.963. The Hall–Kier alpha value is -2.81. The van der Waals surface area contributed by atoms with Crippen LogP contribution in [0.25, 0.3) is 0 Å². The summed E-state index contributed by atoms with van der Waals surface area (Å²) in [5.74, 6) is -2.24. The molecule has 1 unspecified atom stereocenters. The van der Waals surface area contributed by atoms with Gasteiger partial charge in [0.1, 0.15) is 17.4 Å². The van der Waals surface area contributed by atoms with Gasteiger partial charge in [-0.25, -0.2) is 13.4 Å². The Morgan fingerprint density at radius 2 is 1.97 bits per heavy atom. The number of rotatable bonds is 4. The largest absolute Gasteiger partial charge is 0.496 e. The number of benzene rings is 1. The number of aromatic nitrogens is 1. The minimum atomic E-state index is -4.65. The van der Waals surface area contributed by atoms with Crippen molar-refractivity contribution in [2.45, 2.75) is 16.9 Å². The zero-order chi connectivity index (χ0) is 23.3. The SMILES string of the molecule is COc1cc(S(=O)(=O)N2CCOCC2)ccc1C1(N)N=C(N)c2c(C(F)(F)F)c[nH]c2N1. The van der Waals surface area contributed by atoms with Gasteiger partial charge in [0, 0.05) is 25.4 Å². The van der Waals surface area contributed by atoms with Crippen molar-refractivity contribution in [3.8, 4) is 5.75 Å². The standard InChI is InChI=1S/C18H21F3N6O4S/c1-30-13-8-10(32(28,29)27-4-6-31-7-5-27)2-3-11(13)18(23)25-15(22)14-12(17(19,20)21)9-24-16(14)26-18/h2-3,8-9,24,26H,4-7,23H2,1H3,(H2,22,25). The van der Waals surface area contributed by atoms with Crippen LogP contribution in [0.3, 0.4) is 0 Å². The Bertz CT molecular complexity index is 1170. The molecule has 1 atom stereocenters. The minimum absolute atomic E-state index is 0.0312. The van der Waals surface area contributed by atoms with Crippen LogP contribution in [-0.4, -0.2) is 57.0 Å². The van der Waals surface area contributed by atoms with E-state index in [1.54, 1.807) is 0 Å². The number of aromatic amines is 1. The summed E-state index contributed by atoms with van der Waals surface area (Å²) in [6, 6.07) is 4.00. The summed E-state index contributed by atoms with van der Waals surface area (Å²) in [5, 5.41) is 2.71. The quantitative estimate of drug-likeness (QED) is 0.516. The van der Waals surface area contributed by atoms with Crippen LogP contribution in [0.1, 0.15) is 16.7 Å². The number of fused-ring (bicyclic) bond motifs is 1. The molecule has 14 heteroatoms. The number of nitrogens with zero attached hydrogens (tertiary/aromatic N) is 2. The first-order valence-corrected chi connectivity index (χ1v) is 10.9. The number of hydrogen-bond donors (Lipinski definition) is 4. The molecule has 1 aromatic carbocycles. The molecule has 1 saturated heterocycles. The van der Waals surface area contributed by atoms with Crippen LogP contribution in [-0.2, 0) is 26.7 Å². The zero-order valence-corrected chi connectivity index (χ0v) is 17.7. The van der Waals surface area contributed by atoms with Crippen LogP contribution < -0.4 is 21.5 Å². The summed E-state index contributed by atoms with van der Waals surface area (Å²) in [6.45, 7) is 1.01. The monoisotopic (exact) mass is 474 g/mol. The van der Waals surface area contributed by atoms with E-state index in [4.69, 9.17) is 20.9 Å². The number of amidine groups is 1. The number of ether oxygens (including phenoxy) is 2. The highest BCUT2D eigenvalue weighted by Gasteiger charge is 2.42. The summed E-state index contributed by atoms with van der Waals surface area (Å²) >= 11 is 0. The smallest absolute Gasteiger partial charge is 0.418 e. The molecule has 1 fully saturated rings. The van der Waals surface area contributed by atoms with E-state index in [1.165, 1.54) is 29.6 Å². The molecule has 0 spiro atoms. The number of morpholine rings is 1. The first-order valence-electron chi connectivity index (χ1n) is 9.45. The second kappa shape index (κ2) is 7.65. The van der Waals surface area contributed by atoms with Crippen LogP contribution in [0.15, 0.2) is 34.3 Å². The van der Waals surface area contributed by atoms with Crippen LogP contribution in [0.2, 0.25) is 0 Å². The molecule has 0 saturated carbocycles. The van der Waals surface area contributed by atoms with E-state index in [1.807, 2.05) is 0 Å². The summed E-state index contributed by atoms with van der Waals surface area (Å²) in [5.41, 5.74) is 11.0. The van der Waals surface area contributed by atoms with Crippen molar-refractivity contribution in [3.63, 3.8) is 0 Å². The van der Waals surface area contributed by atoms with Gasteiger partial charge in [0.25, 0.3) is 0 Å². The third-order valence-electron chi connectivity index (χ3n) is 5.25. The number of aliphatic imine (C=N–C) groups is 1. The van der Waals surface area contributed by atoms with Crippen LogP contribution in [0.5, 0.6) is 5.75 Å². The van der Waals surface area contributed by atoms with E-state index in [2.05, 4.69) is 15.3 Å². The number of methoxy groups -OCH3 is 1. The summed E-state index contributed by atoms with van der Waals surface area (Å²) < 4.78 is 77.5. The third kappa shape index (κ3) is 3.68. The Balaban J connectivity index is 1.73. The fraction of sp³-hybridized carbons (Fsp3) is 0.389. The maximum absolute atomic E-state index is 13.2. The van der Waals surface area contributed by atoms with Crippen molar-refractivity contribution in [2.24, 2.45) is 16.5 Å². The maximum Gasteiger partial charge on any atom is 0.418 e. The number of nitrogens with two attached hydrogens (primary N) is 2. The van der Waals surface area contributed by atoms with Gasteiger partial charge in [-0.2, -0.15) is 17.5 Å². The van der Waals surface area contributed by atoms with Gasteiger partial charge in [0.05, 0.1) is 41.9 Å². The van der Waals surface area contributed by atoms with Crippen molar-refractivity contribution in [2.75, 3.05) is 38.7 Å². The zero-order valence-electron chi connectivity index (χ0n) is 16.9. The van der Waals surface area contributed by atoms with E-state index in [9.17, 15) is 21.6 Å². The highest BCUT2D eigenvalue weighted by Crippen LogP contribution is 2.41. The topological polar surface area (TPSA) is 148 Å². The molecule has 3 heterocycles. The van der Waals surface area contributed by atoms with Gasteiger partial charge in [0.15, 0.2) is 0 Å². The average Bonchev–Trinajstić information content (AvgIpc) is 3.18. The van der Waals surface area contributed by atoms with E-state index < -0.39 is 33.4 Å². The number of nitrogens with one attached hydrogen (secondary N) is 2. The second-order valence-electron chi connectivity index (χ2n) is 7.22. The molecule has 10 nitrogen and oxygen atoms in total. The third-order valence-corrected chi connectivity index (χ3v) is 7.14. The highest BCUT2D eigenvalue weighted by molar-refractivity contribution is 7.89. The van der Waals surface area contributed by atoms with Gasteiger partial charge in [-0.15, -0.1) is 0 Å². The van der Waals surface area contributed by atoms with Gasteiger partial charge >= 0.3 is 6.18 Å². The van der Waals surface area contributed by atoms with Gasteiger partial charge in [0.2, 0.25) is 15.8 Å². The summed E-state index contributed by atoms with van der Waals surface area (Å²) in [7, 11) is -2.50. The molecule has 0 amide bonds. The molecule has 1 aromatic heterocycles. The number of H-pyrrole nitrogens is 1. The lowest BCUT2D eigenvalue weighted by Gasteiger charge is -2.33. The highest BCUT2D eigenvalue weighted by atomic mass is 32.2. The molecule has 0 bridgehead atoms. The second-order valence-corrected chi connectivity index (χ2v) is 9.16. The van der Waals surface area contributed by atoms with Crippen molar-refractivity contribution in [1.29, 1.82) is 0 Å². The van der Waals surface area contributed by atoms with Crippen molar-refractivity contribution in [1.82, 2.24) is 9.29 Å². The number of halogens is 3. The number of anilines is 1. The molecule has 4 rings (SSSR count). The normalized spacial score (nSPS) is 22.1. The Kier molecular flexibility index (Phi) is 5.35. The molecular formula is C18H21F3N6O4S. The van der Waals surface area contributed by atoms with Crippen LogP contribution >= 0.6 is 0 Å². The fourth-order valence-electron chi connectivity index (χ4n) is 3.69. The van der Waals surface area contributed by atoms with E-state index in [-0.39, 0.29) is 53.9 Å². The van der Waals surface area contributed by atoms with Gasteiger partial charge in [-0.3, -0.25) is 5.73 Å². The van der Waals surface area contributed by atoms with Crippen molar-refractivity contribution in [3.05, 3.63) is 41.1 Å². The molecule has 6 N–H and O–H groups in total. The molecule has 0 aliphatic carbocycles. The van der Waals surface area contributed by atoms with E-state index in [0.29, 0.717) is 0 Å². The lowest BCUT2D eigenvalue weighted by atomic mass is 10.0. The lowest BCUT2D eigenvalue weighted by molar-refractivity contribution is -0.137. The molecule has 2 aliphatic rings. The Labute approximate surface area is 181 Å². The Morgan fingerprint density at radius 1 is 1.28 bits per heavy atom. The van der Waals surface area contributed by atoms with Gasteiger partial charge in [-0.1, -0.05) is 0 Å². The van der Waals surface area contributed by atoms with Gasteiger partial charge in [-0.05, 0) is 12.1 Å². The first-order chi connectivity index (χ1) is 15.0. The Morgan fingerprint density at radius 3 is 2.59 bits per heavy atom. The molecule has 2 aliphatic heterocycles. The minimum Gasteiger partial charge on any atom is -0.496 e. The molecular weight excluding hydrogens is 453 g/mol. The van der Waals surface area contributed by atoms with Crippen molar-refractivity contribution >= 4 is 21.7 Å². The molecule has 0 radical (unpaired) electrons. The van der Waals surface area contributed by atoms with Crippen LogP contribution in [0, 0.1) is 0 Å². The van der Waals surface area contributed by atoms with E-state index >= 15 is 0 Å². The fourth-order valence-corrected chi connectivity index (χ4v) is 5.11. The van der Waals surface area contributed by atoms with Gasteiger partial charge < -0.3 is 25.5 Å². The molecule has 32 heavy (non-hydrogen) atoms. The molecule has 174 valence electrons. The number of hydrogen-bond acceptors (Lipinski definition) is 8. The maximum atomic E-state index is 13.2. The lowest BCUT2D eigenvalue weighted by Crippen LogP contribution is -2.48. The number of sulfonamides is 1.